The van der Waals surface area contributed by atoms with Gasteiger partial charge in [-0.25, -0.2) is 9.18 Å². The lowest BCUT2D eigenvalue weighted by Crippen LogP contribution is -2.25. The van der Waals surface area contributed by atoms with Gasteiger partial charge in [0.2, 0.25) is 0 Å². The van der Waals surface area contributed by atoms with Crippen molar-refractivity contribution in [2.45, 2.75) is 13.0 Å². The normalized spacial score (nSPS) is 17.4. The predicted molar refractivity (Wildman–Crippen MR) is 64.1 cm³/mol. The van der Waals surface area contributed by atoms with Crippen LogP contribution in [-0.2, 0) is 11.3 Å². The molecule has 0 radical (unpaired) electrons. The number of carbonyl (C=O) groups is 1. The fraction of sp³-hybridized carbons (Fsp3) is 0.462. The molecule has 4 nitrogen and oxygen atoms in total. The van der Waals surface area contributed by atoms with E-state index in [4.69, 9.17) is 9.84 Å². The molecule has 0 bridgehead atoms. The minimum atomic E-state index is -1.23. The van der Waals surface area contributed by atoms with Crippen molar-refractivity contribution < 1.29 is 19.0 Å². The summed E-state index contributed by atoms with van der Waals surface area (Å²) in [5.41, 5.74) is 0.511. The third-order valence-electron chi connectivity index (χ3n) is 2.98. The molecular weight excluding hydrogens is 237 g/mol. The van der Waals surface area contributed by atoms with Crippen LogP contribution in [0.4, 0.5) is 4.39 Å². The molecule has 1 saturated heterocycles. The van der Waals surface area contributed by atoms with Gasteiger partial charge < -0.3 is 9.84 Å². The molecule has 1 aromatic rings. The van der Waals surface area contributed by atoms with E-state index in [1.165, 1.54) is 12.1 Å². The highest BCUT2D eigenvalue weighted by Crippen LogP contribution is 2.13. The van der Waals surface area contributed by atoms with Crippen LogP contribution >= 0.6 is 0 Å². The molecule has 1 N–H and O–H groups in total. The molecule has 0 aromatic heterocycles. The molecule has 1 aromatic carbocycles. The molecule has 1 fully saturated rings. The van der Waals surface area contributed by atoms with E-state index in [0.717, 1.165) is 31.7 Å². The molecule has 0 spiro atoms. The standard InChI is InChI=1S/C13H16FNO3/c14-12-8-10(2-3-11(12)13(16)17)9-15-4-1-6-18-7-5-15/h2-3,8H,1,4-7,9H2,(H,16,17). The van der Waals surface area contributed by atoms with Gasteiger partial charge in [0.1, 0.15) is 5.82 Å². The molecule has 0 unspecified atom stereocenters. The highest BCUT2D eigenvalue weighted by molar-refractivity contribution is 5.87. The van der Waals surface area contributed by atoms with Crippen LogP contribution in [0.5, 0.6) is 0 Å². The zero-order valence-corrected chi connectivity index (χ0v) is 10.1. The first-order valence-corrected chi connectivity index (χ1v) is 5.98. The monoisotopic (exact) mass is 253 g/mol. The lowest BCUT2D eigenvalue weighted by atomic mass is 10.1. The summed E-state index contributed by atoms with van der Waals surface area (Å²) in [5, 5.41) is 8.75. The summed E-state index contributed by atoms with van der Waals surface area (Å²) in [6.45, 7) is 3.82. The van der Waals surface area contributed by atoms with Gasteiger partial charge in [0.05, 0.1) is 12.2 Å². The van der Waals surface area contributed by atoms with Crippen molar-refractivity contribution in [2.24, 2.45) is 0 Å². The third kappa shape index (κ3) is 3.27. The summed E-state index contributed by atoms with van der Waals surface area (Å²) in [4.78, 5) is 12.9. The van der Waals surface area contributed by atoms with E-state index in [-0.39, 0.29) is 5.56 Å². The average molecular weight is 253 g/mol. The Morgan fingerprint density at radius 1 is 1.39 bits per heavy atom. The van der Waals surface area contributed by atoms with Crippen LogP contribution in [0.15, 0.2) is 18.2 Å². The van der Waals surface area contributed by atoms with Gasteiger partial charge in [-0.15, -0.1) is 0 Å². The number of carboxylic acid groups (broad SMARTS) is 1. The van der Waals surface area contributed by atoms with Gasteiger partial charge in [0, 0.05) is 26.2 Å². The van der Waals surface area contributed by atoms with Crippen LogP contribution in [0.2, 0.25) is 0 Å². The summed E-state index contributed by atoms with van der Waals surface area (Å²) in [5.74, 6) is -1.91. The number of halogens is 1. The van der Waals surface area contributed by atoms with Gasteiger partial charge in [-0.2, -0.15) is 0 Å². The highest BCUT2D eigenvalue weighted by Gasteiger charge is 2.13. The smallest absolute Gasteiger partial charge is 0.338 e. The SMILES string of the molecule is O=C(O)c1ccc(CN2CCCOCC2)cc1F. The van der Waals surface area contributed by atoms with Gasteiger partial charge in [-0.3, -0.25) is 4.90 Å². The van der Waals surface area contributed by atoms with Crippen LogP contribution < -0.4 is 0 Å². The number of nitrogens with zero attached hydrogens (tertiary/aromatic N) is 1. The zero-order chi connectivity index (χ0) is 13.0. The van der Waals surface area contributed by atoms with E-state index in [1.54, 1.807) is 6.07 Å². The predicted octanol–water partition coefficient (Wildman–Crippen LogP) is 1.75. The van der Waals surface area contributed by atoms with E-state index in [2.05, 4.69) is 4.90 Å². The molecule has 1 aliphatic heterocycles. The Balaban J connectivity index is 2.05. The van der Waals surface area contributed by atoms with E-state index in [9.17, 15) is 9.18 Å². The van der Waals surface area contributed by atoms with Gasteiger partial charge in [-0.05, 0) is 24.1 Å². The Hall–Kier alpha value is -1.46. The lowest BCUT2D eigenvalue weighted by Gasteiger charge is -2.19. The summed E-state index contributed by atoms with van der Waals surface area (Å²) in [7, 11) is 0. The summed E-state index contributed by atoms with van der Waals surface area (Å²) in [6.07, 6.45) is 0.968. The molecule has 98 valence electrons. The second kappa shape index (κ2) is 5.93. The molecule has 0 saturated carbocycles. The first-order chi connectivity index (χ1) is 8.66. The summed E-state index contributed by atoms with van der Waals surface area (Å²) in [6, 6.07) is 4.29. The Morgan fingerprint density at radius 3 is 2.94 bits per heavy atom. The third-order valence-corrected chi connectivity index (χ3v) is 2.98. The number of hydrogen-bond acceptors (Lipinski definition) is 3. The maximum Gasteiger partial charge on any atom is 0.338 e. The number of carboxylic acids is 1. The van der Waals surface area contributed by atoms with Gasteiger partial charge >= 0.3 is 5.97 Å². The molecule has 1 aliphatic rings. The molecular formula is C13H16FNO3. The van der Waals surface area contributed by atoms with Crippen molar-refractivity contribution in [1.82, 2.24) is 4.90 Å². The molecule has 1 heterocycles. The van der Waals surface area contributed by atoms with Crippen LogP contribution in [0.1, 0.15) is 22.3 Å². The number of aromatic carboxylic acids is 1. The first kappa shape index (κ1) is 13.0. The lowest BCUT2D eigenvalue weighted by molar-refractivity contribution is 0.0692. The van der Waals surface area contributed by atoms with Crippen molar-refractivity contribution in [3.05, 3.63) is 35.1 Å². The van der Waals surface area contributed by atoms with E-state index < -0.39 is 11.8 Å². The molecule has 0 amide bonds. The molecule has 2 rings (SSSR count). The van der Waals surface area contributed by atoms with E-state index >= 15 is 0 Å². The number of ether oxygens (including phenoxy) is 1. The van der Waals surface area contributed by atoms with Crippen LogP contribution in [0.3, 0.4) is 0 Å². The van der Waals surface area contributed by atoms with Crippen LogP contribution in [-0.4, -0.2) is 42.3 Å². The topological polar surface area (TPSA) is 49.8 Å². The average Bonchev–Trinajstić information content (AvgIpc) is 2.57. The van der Waals surface area contributed by atoms with Crippen molar-refractivity contribution in [3.63, 3.8) is 0 Å². The van der Waals surface area contributed by atoms with Crippen LogP contribution in [0.25, 0.3) is 0 Å². The number of benzene rings is 1. The Kier molecular flexibility index (Phi) is 4.28. The number of hydrogen-bond donors (Lipinski definition) is 1. The molecule has 0 atom stereocenters. The first-order valence-electron chi connectivity index (χ1n) is 5.98. The largest absolute Gasteiger partial charge is 0.478 e. The van der Waals surface area contributed by atoms with Crippen molar-refractivity contribution in [1.29, 1.82) is 0 Å². The van der Waals surface area contributed by atoms with E-state index in [1.807, 2.05) is 0 Å². The van der Waals surface area contributed by atoms with Crippen molar-refractivity contribution in [2.75, 3.05) is 26.3 Å². The molecule has 18 heavy (non-hydrogen) atoms. The second-order valence-corrected chi connectivity index (χ2v) is 4.36. The fourth-order valence-electron chi connectivity index (χ4n) is 2.04. The Morgan fingerprint density at radius 2 is 2.22 bits per heavy atom. The van der Waals surface area contributed by atoms with Gasteiger partial charge in [0.15, 0.2) is 0 Å². The van der Waals surface area contributed by atoms with E-state index in [0.29, 0.717) is 13.2 Å². The Bertz CT molecular complexity index is 428. The highest BCUT2D eigenvalue weighted by atomic mass is 19.1. The Labute approximate surface area is 105 Å². The molecule has 0 aliphatic carbocycles. The minimum Gasteiger partial charge on any atom is -0.478 e. The summed E-state index contributed by atoms with van der Waals surface area (Å²) >= 11 is 0. The second-order valence-electron chi connectivity index (χ2n) is 4.36. The number of rotatable bonds is 3. The molecule has 5 heteroatoms. The fourth-order valence-corrected chi connectivity index (χ4v) is 2.04. The van der Waals surface area contributed by atoms with Crippen molar-refractivity contribution >= 4 is 5.97 Å². The maximum absolute atomic E-state index is 13.5. The van der Waals surface area contributed by atoms with Gasteiger partial charge in [-0.1, -0.05) is 6.07 Å². The summed E-state index contributed by atoms with van der Waals surface area (Å²) < 4.78 is 18.9. The van der Waals surface area contributed by atoms with Gasteiger partial charge in [0.25, 0.3) is 0 Å². The van der Waals surface area contributed by atoms with Crippen molar-refractivity contribution in [3.8, 4) is 0 Å². The maximum atomic E-state index is 13.5. The minimum absolute atomic E-state index is 0.280. The zero-order valence-electron chi connectivity index (χ0n) is 10.1. The quantitative estimate of drug-likeness (QED) is 0.891. The van der Waals surface area contributed by atoms with Crippen LogP contribution in [0, 0.1) is 5.82 Å².